The number of amides is 2. The zero-order valence-corrected chi connectivity index (χ0v) is 28.4. The summed E-state index contributed by atoms with van der Waals surface area (Å²) < 4.78 is 18.3. The Morgan fingerprint density at radius 1 is 0.740 bits per heavy atom. The quantitative estimate of drug-likeness (QED) is 0.0627. The van der Waals surface area contributed by atoms with E-state index in [9.17, 15) is 14.4 Å². The molecular weight excluding hydrogens is 628 g/mol. The minimum absolute atomic E-state index is 0.124. The summed E-state index contributed by atoms with van der Waals surface area (Å²) in [4.78, 5) is 45.7. The Morgan fingerprint density at radius 3 is 2.08 bits per heavy atom. The van der Waals surface area contributed by atoms with Crippen LogP contribution in [0.5, 0.6) is 17.2 Å². The molecule has 0 bridgehead atoms. The second kappa shape index (κ2) is 16.1. The van der Waals surface area contributed by atoms with Crippen LogP contribution in [0.2, 0.25) is 0 Å². The molecule has 1 aliphatic rings. The van der Waals surface area contributed by atoms with Crippen molar-refractivity contribution in [1.29, 1.82) is 0 Å². The number of fused-ring (bicyclic) bond motifs is 1. The van der Waals surface area contributed by atoms with Crippen LogP contribution in [0.25, 0.3) is 0 Å². The minimum atomic E-state index is -0.492. The standard InChI is InChI=1S/C42H40N2O6/c1-3-15-36-39(49-28-30-16-6-4-7-17-30)38(42(47)48-25-13-12-24-44-40(45)34-22-10-11-23-35(34)41(44)46)29(2)37(43-36)27-31-18-14-21-33(26-31)50-32-19-8-5-9-20-32/h4-11,14,16-23,26H,3,12-13,15,24-25,27-28H2,1-2H3. The van der Waals surface area contributed by atoms with Gasteiger partial charge in [0.2, 0.25) is 0 Å². The number of hydrogen-bond acceptors (Lipinski definition) is 7. The van der Waals surface area contributed by atoms with Gasteiger partial charge in [0.25, 0.3) is 11.8 Å². The zero-order valence-electron chi connectivity index (χ0n) is 28.4. The van der Waals surface area contributed by atoms with Gasteiger partial charge in [-0.1, -0.05) is 86.1 Å². The molecule has 5 aromatic rings. The molecule has 2 heterocycles. The maximum atomic E-state index is 13.9. The van der Waals surface area contributed by atoms with Crippen LogP contribution in [0.15, 0.2) is 109 Å². The van der Waals surface area contributed by atoms with E-state index in [-0.39, 0.29) is 31.6 Å². The average Bonchev–Trinajstić information content (AvgIpc) is 3.38. The van der Waals surface area contributed by atoms with Crippen molar-refractivity contribution in [2.24, 2.45) is 0 Å². The van der Waals surface area contributed by atoms with Gasteiger partial charge in [-0.15, -0.1) is 0 Å². The van der Waals surface area contributed by atoms with Gasteiger partial charge in [0.15, 0.2) is 5.75 Å². The van der Waals surface area contributed by atoms with Crippen LogP contribution in [0, 0.1) is 6.92 Å². The van der Waals surface area contributed by atoms with Crippen LogP contribution in [-0.4, -0.2) is 40.8 Å². The smallest absolute Gasteiger partial charge is 0.342 e. The number of carbonyl (C=O) groups is 3. The fourth-order valence-corrected chi connectivity index (χ4v) is 6.05. The predicted octanol–water partition coefficient (Wildman–Crippen LogP) is 8.54. The Morgan fingerprint density at radius 2 is 1.38 bits per heavy atom. The first-order valence-corrected chi connectivity index (χ1v) is 17.1. The number of imide groups is 1. The van der Waals surface area contributed by atoms with E-state index in [2.05, 4.69) is 6.92 Å². The average molecular weight is 669 g/mol. The highest BCUT2D eigenvalue weighted by molar-refractivity contribution is 6.21. The zero-order chi connectivity index (χ0) is 34.9. The number of hydrogen-bond donors (Lipinski definition) is 0. The van der Waals surface area contributed by atoms with Crippen LogP contribution in [0.1, 0.15) is 85.3 Å². The van der Waals surface area contributed by atoms with Gasteiger partial charge in [-0.25, -0.2) is 4.79 Å². The molecule has 0 atom stereocenters. The van der Waals surface area contributed by atoms with E-state index >= 15 is 0 Å². The lowest BCUT2D eigenvalue weighted by Crippen LogP contribution is -2.30. The summed E-state index contributed by atoms with van der Waals surface area (Å²) in [6.07, 6.45) is 2.89. The summed E-state index contributed by atoms with van der Waals surface area (Å²) in [6.45, 7) is 4.60. The number of carbonyl (C=O) groups excluding carboxylic acids is 3. The number of rotatable bonds is 15. The molecule has 6 rings (SSSR count). The van der Waals surface area contributed by atoms with Gasteiger partial charge in [-0.05, 0) is 79.3 Å². The van der Waals surface area contributed by atoms with Gasteiger partial charge in [0, 0.05) is 18.7 Å². The van der Waals surface area contributed by atoms with E-state index in [0.29, 0.717) is 65.1 Å². The third-order valence-corrected chi connectivity index (χ3v) is 8.62. The van der Waals surface area contributed by atoms with Crippen molar-refractivity contribution in [3.63, 3.8) is 0 Å². The maximum Gasteiger partial charge on any atom is 0.342 e. The summed E-state index contributed by atoms with van der Waals surface area (Å²) in [5, 5.41) is 0. The number of unbranched alkanes of at least 4 members (excludes halogenated alkanes) is 1. The Balaban J connectivity index is 1.20. The molecule has 254 valence electrons. The highest BCUT2D eigenvalue weighted by Crippen LogP contribution is 2.33. The van der Waals surface area contributed by atoms with Crippen molar-refractivity contribution >= 4 is 17.8 Å². The van der Waals surface area contributed by atoms with Gasteiger partial charge in [-0.2, -0.15) is 0 Å². The van der Waals surface area contributed by atoms with E-state index in [0.717, 1.165) is 29.0 Å². The predicted molar refractivity (Wildman–Crippen MR) is 191 cm³/mol. The molecule has 4 aromatic carbocycles. The Kier molecular flexibility index (Phi) is 11.0. The van der Waals surface area contributed by atoms with Crippen LogP contribution in [0.3, 0.4) is 0 Å². The molecule has 0 fully saturated rings. The van der Waals surface area contributed by atoms with Crippen molar-refractivity contribution in [3.05, 3.63) is 154 Å². The molecule has 0 spiro atoms. The van der Waals surface area contributed by atoms with E-state index in [1.165, 1.54) is 4.90 Å². The van der Waals surface area contributed by atoms with Gasteiger partial charge in [-0.3, -0.25) is 19.5 Å². The summed E-state index contributed by atoms with van der Waals surface area (Å²) in [7, 11) is 0. The first-order valence-electron chi connectivity index (χ1n) is 17.1. The Hall–Kier alpha value is -5.76. The summed E-state index contributed by atoms with van der Waals surface area (Å²) >= 11 is 0. The van der Waals surface area contributed by atoms with Crippen molar-refractivity contribution in [3.8, 4) is 17.2 Å². The summed E-state index contributed by atoms with van der Waals surface area (Å²) in [6, 6.07) is 34.1. The first-order chi connectivity index (χ1) is 24.4. The molecule has 8 nitrogen and oxygen atoms in total. The number of nitrogens with zero attached hydrogens (tertiary/aromatic N) is 2. The fourth-order valence-electron chi connectivity index (χ4n) is 6.05. The molecule has 0 aliphatic carbocycles. The monoisotopic (exact) mass is 668 g/mol. The van der Waals surface area contributed by atoms with Gasteiger partial charge in [0.05, 0.1) is 23.4 Å². The number of esters is 1. The van der Waals surface area contributed by atoms with Gasteiger partial charge in [0.1, 0.15) is 23.7 Å². The Labute approximate surface area is 292 Å². The second-order valence-corrected chi connectivity index (χ2v) is 12.2. The first kappa shape index (κ1) is 34.1. The normalized spacial score (nSPS) is 12.2. The van der Waals surface area contributed by atoms with Crippen molar-refractivity contribution in [2.75, 3.05) is 13.2 Å². The Bertz CT molecular complexity index is 1940. The topological polar surface area (TPSA) is 95.0 Å². The molecule has 0 radical (unpaired) electrons. The lowest BCUT2D eigenvalue weighted by molar-refractivity contribution is 0.0479. The third-order valence-electron chi connectivity index (χ3n) is 8.62. The highest BCUT2D eigenvalue weighted by Gasteiger charge is 2.34. The molecule has 1 aliphatic heterocycles. The molecule has 50 heavy (non-hydrogen) atoms. The molecule has 8 heteroatoms. The maximum absolute atomic E-state index is 13.9. The largest absolute Gasteiger partial charge is 0.486 e. The second-order valence-electron chi connectivity index (χ2n) is 12.2. The molecule has 0 saturated carbocycles. The molecular formula is C42H40N2O6. The van der Waals surface area contributed by atoms with Gasteiger partial charge < -0.3 is 14.2 Å². The number of aryl methyl sites for hydroxylation is 1. The number of para-hydroxylation sites is 1. The number of ether oxygens (including phenoxy) is 3. The van der Waals surface area contributed by atoms with Crippen LogP contribution in [0.4, 0.5) is 0 Å². The molecule has 1 aromatic heterocycles. The molecule has 0 saturated heterocycles. The van der Waals surface area contributed by atoms with Crippen molar-refractivity contribution < 1.29 is 28.6 Å². The minimum Gasteiger partial charge on any atom is -0.486 e. The number of benzene rings is 4. The molecule has 2 amide bonds. The van der Waals surface area contributed by atoms with Gasteiger partial charge >= 0.3 is 5.97 Å². The highest BCUT2D eigenvalue weighted by atomic mass is 16.5. The third kappa shape index (κ3) is 7.92. The number of pyridine rings is 1. The summed E-state index contributed by atoms with van der Waals surface area (Å²) in [5.74, 6) is 0.830. The summed E-state index contributed by atoms with van der Waals surface area (Å²) in [5.41, 5.74) is 5.34. The van der Waals surface area contributed by atoms with E-state index in [1.807, 2.05) is 91.9 Å². The van der Waals surface area contributed by atoms with E-state index in [4.69, 9.17) is 19.2 Å². The fraction of sp³-hybridized carbons (Fsp3) is 0.238. The van der Waals surface area contributed by atoms with Crippen LogP contribution >= 0.6 is 0 Å². The lowest BCUT2D eigenvalue weighted by Gasteiger charge is -2.20. The van der Waals surface area contributed by atoms with E-state index in [1.54, 1.807) is 24.3 Å². The van der Waals surface area contributed by atoms with Crippen molar-refractivity contribution in [1.82, 2.24) is 9.88 Å². The lowest BCUT2D eigenvalue weighted by atomic mass is 9.98. The SMILES string of the molecule is CCCc1nc(Cc2cccc(Oc3ccccc3)c2)c(C)c(C(=O)OCCCCN2C(=O)c3ccccc3C2=O)c1OCc1ccccc1. The van der Waals surface area contributed by atoms with Crippen LogP contribution < -0.4 is 9.47 Å². The molecule has 0 N–H and O–H groups in total. The van der Waals surface area contributed by atoms with Crippen LogP contribution in [-0.2, 0) is 24.2 Å². The number of aromatic nitrogens is 1. The van der Waals surface area contributed by atoms with Crippen molar-refractivity contribution in [2.45, 2.75) is 52.6 Å². The molecule has 0 unspecified atom stereocenters. The van der Waals surface area contributed by atoms with E-state index < -0.39 is 5.97 Å².